The lowest BCUT2D eigenvalue weighted by molar-refractivity contribution is -0.125. The van der Waals surface area contributed by atoms with E-state index < -0.39 is 0 Å². The summed E-state index contributed by atoms with van der Waals surface area (Å²) in [6.07, 6.45) is 1.24. The number of hydrogen-bond donors (Lipinski definition) is 0. The van der Waals surface area contributed by atoms with Crippen LogP contribution in [0.4, 0.5) is 0 Å². The van der Waals surface area contributed by atoms with Crippen LogP contribution in [0.1, 0.15) is 30.3 Å². The number of benzene rings is 1. The van der Waals surface area contributed by atoms with Crippen LogP contribution in [0.25, 0.3) is 10.9 Å². The van der Waals surface area contributed by atoms with E-state index in [-0.39, 0.29) is 17.6 Å². The maximum atomic E-state index is 12.7. The molecule has 2 heterocycles. The van der Waals surface area contributed by atoms with Crippen LogP contribution in [0.3, 0.4) is 0 Å². The molecule has 0 radical (unpaired) electrons. The first-order chi connectivity index (χ1) is 10.1. The molecule has 3 rings (SSSR count). The minimum atomic E-state index is -0.0715. The second kappa shape index (κ2) is 5.31. The van der Waals surface area contributed by atoms with Gasteiger partial charge >= 0.3 is 0 Å². The molecular weight excluding hydrogens is 266 g/mol. The number of Topliss-reactive ketones (excluding diaryl/α,β-unsaturated/α-hetero) is 1. The largest absolute Gasteiger partial charge is 0.336 e. The number of fused-ring (bicyclic) bond motifs is 1. The summed E-state index contributed by atoms with van der Waals surface area (Å²) in [5, 5.41) is 5.25. The molecular formula is C16H19N3O2. The maximum Gasteiger partial charge on any atom is 0.275 e. The molecule has 0 spiro atoms. The van der Waals surface area contributed by atoms with Crippen molar-refractivity contribution in [3.63, 3.8) is 0 Å². The van der Waals surface area contributed by atoms with Crippen LogP contribution in [-0.4, -0.2) is 39.5 Å². The molecule has 5 nitrogen and oxygen atoms in total. The third-order valence-electron chi connectivity index (χ3n) is 4.26. The quantitative estimate of drug-likeness (QED) is 0.848. The first-order valence-electron chi connectivity index (χ1n) is 7.35. The topological polar surface area (TPSA) is 55.2 Å². The van der Waals surface area contributed by atoms with Gasteiger partial charge in [0, 0.05) is 37.9 Å². The fourth-order valence-electron chi connectivity index (χ4n) is 2.97. The summed E-state index contributed by atoms with van der Waals surface area (Å²) in [5.41, 5.74) is 1.43. The predicted molar refractivity (Wildman–Crippen MR) is 80.0 cm³/mol. The van der Waals surface area contributed by atoms with Crippen molar-refractivity contribution < 1.29 is 9.59 Å². The number of likely N-dealkylation sites (tertiary alicyclic amines) is 1. The molecule has 21 heavy (non-hydrogen) atoms. The standard InChI is InChI=1S/C16H19N3O2/c1-3-11-10-19(9-8-14(11)20)16(21)15-12-6-4-5-7-13(12)18(2)17-15/h4-7,11H,3,8-10H2,1-2H3. The lowest BCUT2D eigenvalue weighted by atomic mass is 9.94. The van der Waals surface area contributed by atoms with Gasteiger partial charge in [0.15, 0.2) is 5.69 Å². The van der Waals surface area contributed by atoms with Crippen molar-refractivity contribution in [2.45, 2.75) is 19.8 Å². The summed E-state index contributed by atoms with van der Waals surface area (Å²) < 4.78 is 1.73. The van der Waals surface area contributed by atoms with E-state index in [1.54, 1.807) is 9.58 Å². The first-order valence-corrected chi connectivity index (χ1v) is 7.35. The van der Waals surface area contributed by atoms with Gasteiger partial charge in [0.2, 0.25) is 0 Å². The van der Waals surface area contributed by atoms with Crippen molar-refractivity contribution >= 4 is 22.6 Å². The van der Waals surface area contributed by atoms with E-state index in [4.69, 9.17) is 0 Å². The van der Waals surface area contributed by atoms with Gasteiger partial charge in [-0.15, -0.1) is 0 Å². The Balaban J connectivity index is 1.92. The summed E-state index contributed by atoms with van der Waals surface area (Å²) in [7, 11) is 1.84. The molecule has 1 aromatic carbocycles. The Morgan fingerprint density at radius 1 is 1.38 bits per heavy atom. The van der Waals surface area contributed by atoms with Crippen LogP contribution >= 0.6 is 0 Å². The molecule has 0 saturated carbocycles. The number of ketones is 1. The number of carbonyl (C=O) groups is 2. The van der Waals surface area contributed by atoms with Crippen molar-refractivity contribution in [3.8, 4) is 0 Å². The molecule has 2 aromatic rings. The normalized spacial score (nSPS) is 19.2. The first kappa shape index (κ1) is 13.8. The van der Waals surface area contributed by atoms with Crippen LogP contribution < -0.4 is 0 Å². The van der Waals surface area contributed by atoms with Gasteiger partial charge in [0.25, 0.3) is 5.91 Å². The van der Waals surface area contributed by atoms with Crippen molar-refractivity contribution in [2.75, 3.05) is 13.1 Å². The third kappa shape index (κ3) is 2.33. The lowest BCUT2D eigenvalue weighted by Crippen LogP contribution is -2.44. The number of para-hydroxylation sites is 1. The molecule has 1 atom stereocenters. The van der Waals surface area contributed by atoms with Crippen molar-refractivity contribution in [3.05, 3.63) is 30.0 Å². The highest BCUT2D eigenvalue weighted by Crippen LogP contribution is 2.22. The zero-order valence-corrected chi connectivity index (χ0v) is 12.4. The van der Waals surface area contributed by atoms with E-state index in [2.05, 4.69) is 5.10 Å². The molecule has 1 amide bonds. The van der Waals surface area contributed by atoms with Gasteiger partial charge in [-0.05, 0) is 12.5 Å². The average Bonchev–Trinajstić information content (AvgIpc) is 2.85. The Morgan fingerprint density at radius 2 is 2.14 bits per heavy atom. The van der Waals surface area contributed by atoms with Gasteiger partial charge in [-0.25, -0.2) is 0 Å². The zero-order valence-electron chi connectivity index (χ0n) is 12.4. The molecule has 1 aliphatic rings. The number of aromatic nitrogens is 2. The molecule has 1 saturated heterocycles. The predicted octanol–water partition coefficient (Wildman–Crippen LogP) is 2.01. The van der Waals surface area contributed by atoms with Crippen LogP contribution in [0.15, 0.2) is 24.3 Å². The van der Waals surface area contributed by atoms with Crippen LogP contribution in [0.2, 0.25) is 0 Å². The minimum absolute atomic E-state index is 0.0299. The monoisotopic (exact) mass is 285 g/mol. The van der Waals surface area contributed by atoms with Gasteiger partial charge in [-0.2, -0.15) is 5.10 Å². The lowest BCUT2D eigenvalue weighted by Gasteiger charge is -2.30. The molecule has 110 valence electrons. The van der Waals surface area contributed by atoms with Crippen molar-refractivity contribution in [1.82, 2.24) is 14.7 Å². The van der Waals surface area contributed by atoms with E-state index >= 15 is 0 Å². The Morgan fingerprint density at radius 3 is 2.90 bits per heavy atom. The Kier molecular flexibility index (Phi) is 3.49. The fourth-order valence-corrected chi connectivity index (χ4v) is 2.97. The average molecular weight is 285 g/mol. The summed E-state index contributed by atoms with van der Waals surface area (Å²) in [6, 6.07) is 7.72. The van der Waals surface area contributed by atoms with E-state index in [1.165, 1.54) is 0 Å². The highest BCUT2D eigenvalue weighted by molar-refractivity contribution is 6.05. The Bertz CT molecular complexity index is 705. The highest BCUT2D eigenvalue weighted by atomic mass is 16.2. The summed E-state index contributed by atoms with van der Waals surface area (Å²) in [5.74, 6) is 0.169. The maximum absolute atomic E-state index is 12.7. The molecule has 1 unspecified atom stereocenters. The highest BCUT2D eigenvalue weighted by Gasteiger charge is 2.30. The van der Waals surface area contributed by atoms with E-state index in [1.807, 2.05) is 38.2 Å². The van der Waals surface area contributed by atoms with Gasteiger partial charge < -0.3 is 4.90 Å². The second-order valence-electron chi connectivity index (χ2n) is 5.56. The molecule has 0 N–H and O–H groups in total. The number of carbonyl (C=O) groups excluding carboxylic acids is 2. The molecule has 5 heteroatoms. The van der Waals surface area contributed by atoms with Crippen LogP contribution in [-0.2, 0) is 11.8 Å². The number of piperidine rings is 1. The van der Waals surface area contributed by atoms with Gasteiger partial charge in [0.1, 0.15) is 5.78 Å². The van der Waals surface area contributed by atoms with Crippen LogP contribution in [0, 0.1) is 5.92 Å². The Hall–Kier alpha value is -2.17. The van der Waals surface area contributed by atoms with Crippen LogP contribution in [0.5, 0.6) is 0 Å². The summed E-state index contributed by atoms with van der Waals surface area (Å²) in [4.78, 5) is 26.3. The van der Waals surface area contributed by atoms with Gasteiger partial charge in [-0.1, -0.05) is 25.1 Å². The number of hydrogen-bond acceptors (Lipinski definition) is 3. The molecule has 1 aliphatic heterocycles. The zero-order chi connectivity index (χ0) is 15.0. The molecule has 0 bridgehead atoms. The van der Waals surface area contributed by atoms with Crippen molar-refractivity contribution in [1.29, 1.82) is 0 Å². The SMILES string of the molecule is CCC1CN(C(=O)c2nn(C)c3ccccc23)CCC1=O. The Labute approximate surface area is 123 Å². The summed E-state index contributed by atoms with van der Waals surface area (Å²) in [6.45, 7) is 3.00. The number of amides is 1. The number of nitrogens with zero attached hydrogens (tertiary/aromatic N) is 3. The third-order valence-corrected chi connectivity index (χ3v) is 4.26. The smallest absolute Gasteiger partial charge is 0.275 e. The van der Waals surface area contributed by atoms with E-state index in [0.29, 0.717) is 25.2 Å². The van der Waals surface area contributed by atoms with E-state index in [0.717, 1.165) is 17.3 Å². The van der Waals surface area contributed by atoms with Crippen molar-refractivity contribution in [2.24, 2.45) is 13.0 Å². The van der Waals surface area contributed by atoms with Gasteiger partial charge in [-0.3, -0.25) is 14.3 Å². The van der Waals surface area contributed by atoms with E-state index in [9.17, 15) is 9.59 Å². The number of aryl methyl sites for hydroxylation is 1. The minimum Gasteiger partial charge on any atom is -0.336 e. The fraction of sp³-hybridized carbons (Fsp3) is 0.438. The number of rotatable bonds is 2. The second-order valence-corrected chi connectivity index (χ2v) is 5.56. The summed E-state index contributed by atoms with van der Waals surface area (Å²) >= 11 is 0. The van der Waals surface area contributed by atoms with Gasteiger partial charge in [0.05, 0.1) is 5.52 Å². The molecule has 0 aliphatic carbocycles. The molecule has 1 aromatic heterocycles. The molecule has 1 fully saturated rings.